The fourth-order valence-electron chi connectivity index (χ4n) is 2.34. The Kier molecular flexibility index (Phi) is 3.89. The Morgan fingerprint density at radius 1 is 1.37 bits per heavy atom. The highest BCUT2D eigenvalue weighted by Gasteiger charge is 2.29. The Balaban J connectivity index is 2.43. The van der Waals surface area contributed by atoms with Crippen LogP contribution in [0.25, 0.3) is 0 Å². The number of hydrogen-bond donors (Lipinski definition) is 0. The van der Waals surface area contributed by atoms with Crippen LogP contribution in [-0.2, 0) is 4.79 Å². The van der Waals surface area contributed by atoms with Gasteiger partial charge in [0.1, 0.15) is 0 Å². The fourth-order valence-corrected chi connectivity index (χ4v) is 2.91. The van der Waals surface area contributed by atoms with E-state index in [0.717, 1.165) is 24.1 Å². The molecule has 1 aromatic rings. The second-order valence-corrected chi connectivity index (χ2v) is 5.89. The molecular weight excluding hydrogens is 312 g/mol. The Hall–Kier alpha value is -1.43. The first-order chi connectivity index (χ1) is 8.91. The molecule has 1 saturated heterocycles. The summed E-state index contributed by atoms with van der Waals surface area (Å²) in [7, 11) is 0. The zero-order chi connectivity index (χ0) is 14.2. The topological polar surface area (TPSA) is 63.5 Å². The highest BCUT2D eigenvalue weighted by molar-refractivity contribution is 9.10. The number of halogens is 1. The van der Waals surface area contributed by atoms with Gasteiger partial charge in [0.25, 0.3) is 5.69 Å². The second-order valence-electron chi connectivity index (χ2n) is 4.78. The van der Waals surface area contributed by atoms with E-state index in [4.69, 9.17) is 0 Å². The van der Waals surface area contributed by atoms with Crippen molar-refractivity contribution in [1.82, 2.24) is 0 Å². The summed E-state index contributed by atoms with van der Waals surface area (Å²) in [6.45, 7) is 4.16. The molecule has 0 aliphatic carbocycles. The summed E-state index contributed by atoms with van der Waals surface area (Å²) >= 11 is 3.37. The summed E-state index contributed by atoms with van der Waals surface area (Å²) in [6.07, 6.45) is 1.76. The van der Waals surface area contributed by atoms with Gasteiger partial charge in [0.15, 0.2) is 0 Å². The van der Waals surface area contributed by atoms with Crippen molar-refractivity contribution in [2.24, 2.45) is 0 Å². The van der Waals surface area contributed by atoms with Crippen LogP contribution in [0, 0.1) is 24.0 Å². The molecule has 1 aromatic carbocycles. The predicted octanol–water partition coefficient (Wildman–Crippen LogP) is 3.10. The van der Waals surface area contributed by atoms with Crippen LogP contribution in [0.3, 0.4) is 0 Å². The third kappa shape index (κ3) is 2.63. The lowest BCUT2D eigenvalue weighted by Gasteiger charge is -2.31. The van der Waals surface area contributed by atoms with Gasteiger partial charge in [-0.2, -0.15) is 0 Å². The van der Waals surface area contributed by atoms with Crippen molar-refractivity contribution in [3.63, 3.8) is 0 Å². The smallest absolute Gasteiger partial charge is 0.272 e. The maximum absolute atomic E-state index is 12.2. The van der Waals surface area contributed by atoms with Gasteiger partial charge in [-0.05, 0) is 38.3 Å². The first-order valence-corrected chi connectivity index (χ1v) is 7.04. The average Bonchev–Trinajstić information content (AvgIpc) is 2.35. The SMILES string of the molecule is Cc1cc([N+](=O)[O-])c(C)cc1N1CCCC(Br)C1=O. The Morgan fingerprint density at radius 3 is 2.68 bits per heavy atom. The molecule has 2 rings (SSSR count). The molecule has 1 aliphatic heterocycles. The minimum absolute atomic E-state index is 0.0302. The maximum atomic E-state index is 12.2. The lowest BCUT2D eigenvalue weighted by Crippen LogP contribution is -2.42. The minimum atomic E-state index is -0.391. The summed E-state index contributed by atoms with van der Waals surface area (Å²) in [6, 6.07) is 3.27. The van der Waals surface area contributed by atoms with Gasteiger partial charge in [-0.1, -0.05) is 15.9 Å². The molecule has 0 spiro atoms. The molecule has 1 atom stereocenters. The lowest BCUT2D eigenvalue weighted by molar-refractivity contribution is -0.385. The van der Waals surface area contributed by atoms with Gasteiger partial charge in [-0.15, -0.1) is 0 Å². The number of hydrogen-bond acceptors (Lipinski definition) is 3. The normalized spacial score (nSPS) is 19.6. The number of nitro groups is 1. The summed E-state index contributed by atoms with van der Waals surface area (Å²) < 4.78 is 0. The number of piperidine rings is 1. The summed E-state index contributed by atoms with van der Waals surface area (Å²) in [4.78, 5) is 24.2. The molecule has 0 N–H and O–H groups in total. The fraction of sp³-hybridized carbons (Fsp3) is 0.462. The molecule has 0 saturated carbocycles. The van der Waals surface area contributed by atoms with Gasteiger partial charge in [0.2, 0.25) is 5.91 Å². The number of rotatable bonds is 2. The highest BCUT2D eigenvalue weighted by atomic mass is 79.9. The molecule has 1 amide bonds. The van der Waals surface area contributed by atoms with Crippen LogP contribution < -0.4 is 4.90 Å². The van der Waals surface area contributed by atoms with Crippen LogP contribution >= 0.6 is 15.9 Å². The van der Waals surface area contributed by atoms with E-state index in [9.17, 15) is 14.9 Å². The number of anilines is 1. The molecule has 19 heavy (non-hydrogen) atoms. The number of carbonyl (C=O) groups excluding carboxylic acids is 1. The first-order valence-electron chi connectivity index (χ1n) is 6.13. The van der Waals surface area contributed by atoms with E-state index in [1.165, 1.54) is 6.07 Å². The van der Waals surface area contributed by atoms with Crippen molar-refractivity contribution in [2.45, 2.75) is 31.5 Å². The predicted molar refractivity (Wildman–Crippen MR) is 76.9 cm³/mol. The molecule has 1 fully saturated rings. The summed E-state index contributed by atoms with van der Waals surface area (Å²) in [5.74, 6) is 0.0302. The van der Waals surface area contributed by atoms with Crippen molar-refractivity contribution in [1.29, 1.82) is 0 Å². The van der Waals surface area contributed by atoms with Crippen molar-refractivity contribution >= 4 is 33.2 Å². The van der Waals surface area contributed by atoms with Gasteiger partial charge >= 0.3 is 0 Å². The molecule has 6 heteroatoms. The van der Waals surface area contributed by atoms with Crippen molar-refractivity contribution in [3.05, 3.63) is 33.4 Å². The summed E-state index contributed by atoms with van der Waals surface area (Å²) in [5.41, 5.74) is 2.21. The number of amides is 1. The van der Waals surface area contributed by atoms with Crippen LogP contribution in [0.5, 0.6) is 0 Å². The van der Waals surface area contributed by atoms with Crippen molar-refractivity contribution in [2.75, 3.05) is 11.4 Å². The van der Waals surface area contributed by atoms with Crippen LogP contribution in [0.4, 0.5) is 11.4 Å². The lowest BCUT2D eigenvalue weighted by atomic mass is 10.0. The van der Waals surface area contributed by atoms with Crippen LogP contribution in [0.1, 0.15) is 24.0 Å². The van der Waals surface area contributed by atoms with Crippen LogP contribution in [0.2, 0.25) is 0 Å². The average molecular weight is 327 g/mol. The van der Waals surface area contributed by atoms with Gasteiger partial charge in [0, 0.05) is 23.9 Å². The minimum Gasteiger partial charge on any atom is -0.311 e. The van der Waals surface area contributed by atoms with E-state index < -0.39 is 4.92 Å². The van der Waals surface area contributed by atoms with Crippen molar-refractivity contribution < 1.29 is 9.72 Å². The zero-order valence-electron chi connectivity index (χ0n) is 10.9. The molecule has 0 bridgehead atoms. The number of alkyl halides is 1. The van der Waals surface area contributed by atoms with E-state index in [2.05, 4.69) is 15.9 Å². The van der Waals surface area contributed by atoms with E-state index in [1.54, 1.807) is 24.8 Å². The Morgan fingerprint density at radius 2 is 2.05 bits per heavy atom. The van der Waals surface area contributed by atoms with Gasteiger partial charge in [0.05, 0.1) is 9.75 Å². The molecule has 1 aliphatic rings. The van der Waals surface area contributed by atoms with E-state index in [-0.39, 0.29) is 16.4 Å². The highest BCUT2D eigenvalue weighted by Crippen LogP contribution is 2.32. The third-order valence-electron chi connectivity index (χ3n) is 3.38. The summed E-state index contributed by atoms with van der Waals surface area (Å²) in [5, 5.41) is 10.9. The van der Waals surface area contributed by atoms with Gasteiger partial charge in [-0.3, -0.25) is 14.9 Å². The quantitative estimate of drug-likeness (QED) is 0.476. The molecule has 0 aromatic heterocycles. The van der Waals surface area contributed by atoms with Crippen LogP contribution in [0.15, 0.2) is 12.1 Å². The zero-order valence-corrected chi connectivity index (χ0v) is 12.4. The molecule has 1 heterocycles. The standard InChI is InChI=1S/C13H15BrN2O3/c1-8-7-12(16(18)19)9(2)6-11(8)15-5-3-4-10(14)13(15)17/h6-7,10H,3-5H2,1-2H3. The Bertz CT molecular complexity index is 545. The van der Waals surface area contributed by atoms with E-state index >= 15 is 0 Å². The van der Waals surface area contributed by atoms with E-state index in [0.29, 0.717) is 12.1 Å². The maximum Gasteiger partial charge on any atom is 0.272 e. The van der Waals surface area contributed by atoms with Crippen LogP contribution in [-0.4, -0.2) is 22.2 Å². The third-order valence-corrected chi connectivity index (χ3v) is 4.22. The van der Waals surface area contributed by atoms with Gasteiger partial charge in [-0.25, -0.2) is 0 Å². The number of nitrogens with zero attached hydrogens (tertiary/aromatic N) is 2. The number of benzene rings is 1. The van der Waals surface area contributed by atoms with Gasteiger partial charge < -0.3 is 4.90 Å². The van der Waals surface area contributed by atoms with Crippen molar-refractivity contribution in [3.8, 4) is 0 Å². The monoisotopic (exact) mass is 326 g/mol. The molecule has 102 valence electrons. The number of aryl methyl sites for hydroxylation is 2. The molecule has 1 unspecified atom stereocenters. The second kappa shape index (κ2) is 5.28. The van der Waals surface area contributed by atoms with E-state index in [1.807, 2.05) is 0 Å². The number of carbonyl (C=O) groups is 1. The molecule has 5 nitrogen and oxygen atoms in total. The molecular formula is C13H15BrN2O3. The largest absolute Gasteiger partial charge is 0.311 e. The molecule has 0 radical (unpaired) electrons. The first kappa shape index (κ1) is 14.0. The number of nitro benzene ring substituents is 1. The Labute approximate surface area is 119 Å².